The molecule has 29 heavy (non-hydrogen) atoms. The Bertz CT molecular complexity index is 1210. The van der Waals surface area contributed by atoms with Gasteiger partial charge in [0, 0.05) is 23.1 Å². The van der Waals surface area contributed by atoms with Crippen LogP contribution in [0.1, 0.15) is 22.9 Å². The molecule has 8 heteroatoms. The Balaban J connectivity index is 1.71. The van der Waals surface area contributed by atoms with Crippen LogP contribution >= 0.6 is 23.2 Å². The van der Waals surface area contributed by atoms with Crippen LogP contribution in [0.2, 0.25) is 10.0 Å². The topological polar surface area (TPSA) is 44.8 Å². The second kappa shape index (κ2) is 6.97. The number of aromatic nitrogens is 3. The molecule has 5 rings (SSSR count). The Labute approximate surface area is 175 Å². The largest absolute Gasteiger partial charge is 0.356 e. The van der Waals surface area contributed by atoms with Crippen molar-refractivity contribution in [2.24, 2.45) is 0 Å². The number of fused-ring (bicyclic) bond motifs is 3. The fourth-order valence-electron chi connectivity index (χ4n) is 3.95. The molecule has 1 aliphatic heterocycles. The quantitative estimate of drug-likeness (QED) is 0.443. The lowest BCUT2D eigenvalue weighted by Crippen LogP contribution is -2.37. The van der Waals surface area contributed by atoms with Crippen LogP contribution in [0.4, 0.5) is 14.7 Å². The highest BCUT2D eigenvalue weighted by molar-refractivity contribution is 6.31. The molecule has 0 saturated carbocycles. The molecule has 0 radical (unpaired) electrons. The summed E-state index contributed by atoms with van der Waals surface area (Å²) >= 11 is 12.0. The van der Waals surface area contributed by atoms with E-state index in [0.29, 0.717) is 29.5 Å². The standard InChI is InChI=1S/C21H14Cl2F2N4/c22-12-9-26-21(27-10-12)29-6-5-14-15-7-16(23)17(25)8-18(15)28-19(14)20(29)11-1-3-13(24)4-2-11/h1-4,7-10,20,28H,5-6H2. The van der Waals surface area contributed by atoms with Gasteiger partial charge < -0.3 is 9.88 Å². The summed E-state index contributed by atoms with van der Waals surface area (Å²) in [7, 11) is 0. The van der Waals surface area contributed by atoms with Crippen molar-refractivity contribution in [2.45, 2.75) is 12.5 Å². The Morgan fingerprint density at radius 1 is 1.03 bits per heavy atom. The molecule has 0 bridgehead atoms. The first-order valence-corrected chi connectivity index (χ1v) is 9.76. The lowest BCUT2D eigenvalue weighted by Gasteiger charge is -2.36. The zero-order valence-electron chi connectivity index (χ0n) is 15.0. The highest BCUT2D eigenvalue weighted by Crippen LogP contribution is 2.40. The molecular weight excluding hydrogens is 417 g/mol. The number of H-pyrrole nitrogens is 1. The molecular formula is C21H14Cl2F2N4. The monoisotopic (exact) mass is 430 g/mol. The van der Waals surface area contributed by atoms with Gasteiger partial charge in [0.1, 0.15) is 11.6 Å². The number of rotatable bonds is 2. The number of hydrogen-bond donors (Lipinski definition) is 1. The average molecular weight is 431 g/mol. The lowest BCUT2D eigenvalue weighted by atomic mass is 9.92. The van der Waals surface area contributed by atoms with Crippen molar-refractivity contribution < 1.29 is 8.78 Å². The van der Waals surface area contributed by atoms with Crippen LogP contribution in [-0.2, 0) is 6.42 Å². The van der Waals surface area contributed by atoms with Gasteiger partial charge in [0.25, 0.3) is 0 Å². The van der Waals surface area contributed by atoms with Crippen molar-refractivity contribution in [2.75, 3.05) is 11.4 Å². The first kappa shape index (κ1) is 18.3. The van der Waals surface area contributed by atoms with Crippen LogP contribution in [0.3, 0.4) is 0 Å². The zero-order chi connectivity index (χ0) is 20.1. The van der Waals surface area contributed by atoms with Gasteiger partial charge in [-0.15, -0.1) is 0 Å². The van der Waals surface area contributed by atoms with Crippen molar-refractivity contribution in [3.8, 4) is 0 Å². The fourth-order valence-corrected chi connectivity index (χ4v) is 4.21. The summed E-state index contributed by atoms with van der Waals surface area (Å²) in [5, 5.41) is 1.41. The molecule has 0 saturated heterocycles. The van der Waals surface area contributed by atoms with E-state index in [1.54, 1.807) is 30.6 Å². The normalized spacial score (nSPS) is 16.3. The van der Waals surface area contributed by atoms with Gasteiger partial charge in [-0.1, -0.05) is 35.3 Å². The fraction of sp³-hybridized carbons (Fsp3) is 0.143. The predicted octanol–water partition coefficient (Wildman–Crippen LogP) is 5.70. The smallest absolute Gasteiger partial charge is 0.226 e. The first-order valence-electron chi connectivity index (χ1n) is 9.00. The highest BCUT2D eigenvalue weighted by Gasteiger charge is 2.33. The molecule has 0 amide bonds. The van der Waals surface area contributed by atoms with Crippen LogP contribution in [0.5, 0.6) is 0 Å². The third kappa shape index (κ3) is 3.12. The van der Waals surface area contributed by atoms with E-state index in [2.05, 4.69) is 15.0 Å². The van der Waals surface area contributed by atoms with E-state index in [-0.39, 0.29) is 16.9 Å². The van der Waals surface area contributed by atoms with Crippen molar-refractivity contribution >= 4 is 40.1 Å². The molecule has 4 nitrogen and oxygen atoms in total. The summed E-state index contributed by atoms with van der Waals surface area (Å²) in [6.45, 7) is 0.624. The molecule has 146 valence electrons. The van der Waals surface area contributed by atoms with E-state index >= 15 is 0 Å². The second-order valence-corrected chi connectivity index (χ2v) is 7.77. The maximum atomic E-state index is 14.0. The Morgan fingerprint density at radius 3 is 2.48 bits per heavy atom. The van der Waals surface area contributed by atoms with Crippen molar-refractivity contribution in [1.29, 1.82) is 0 Å². The van der Waals surface area contributed by atoms with Gasteiger partial charge in [-0.2, -0.15) is 0 Å². The van der Waals surface area contributed by atoms with Gasteiger partial charge in [0.2, 0.25) is 5.95 Å². The van der Waals surface area contributed by atoms with E-state index in [0.717, 1.165) is 22.2 Å². The molecule has 0 fully saturated rings. The summed E-state index contributed by atoms with van der Waals surface area (Å²) < 4.78 is 27.6. The van der Waals surface area contributed by atoms with Gasteiger partial charge in [-0.3, -0.25) is 0 Å². The average Bonchev–Trinajstić information content (AvgIpc) is 3.06. The molecule has 0 spiro atoms. The first-order chi connectivity index (χ1) is 14.0. The maximum Gasteiger partial charge on any atom is 0.226 e. The molecule has 2 aromatic heterocycles. The molecule has 2 aromatic carbocycles. The summed E-state index contributed by atoms with van der Waals surface area (Å²) in [6.07, 6.45) is 3.78. The number of hydrogen-bond acceptors (Lipinski definition) is 3. The lowest BCUT2D eigenvalue weighted by molar-refractivity contribution is 0.613. The van der Waals surface area contributed by atoms with Gasteiger partial charge in [-0.05, 0) is 41.8 Å². The predicted molar refractivity (Wildman–Crippen MR) is 110 cm³/mol. The van der Waals surface area contributed by atoms with E-state index in [4.69, 9.17) is 23.2 Å². The number of aromatic amines is 1. The molecule has 0 aliphatic carbocycles. The SMILES string of the molecule is Fc1ccc(C2c3[nH]c4cc(F)c(Cl)cc4c3CCN2c2ncc(Cl)cn2)cc1. The van der Waals surface area contributed by atoms with E-state index < -0.39 is 5.82 Å². The van der Waals surface area contributed by atoms with Crippen LogP contribution in [0.15, 0.2) is 48.8 Å². The minimum Gasteiger partial charge on any atom is -0.356 e. The van der Waals surface area contributed by atoms with Crippen molar-refractivity contribution in [3.05, 3.63) is 87.3 Å². The summed E-state index contributed by atoms with van der Waals surface area (Å²) in [5.41, 5.74) is 3.48. The van der Waals surface area contributed by atoms with Crippen LogP contribution < -0.4 is 4.90 Å². The van der Waals surface area contributed by atoms with Crippen molar-refractivity contribution in [1.82, 2.24) is 15.0 Å². The molecule has 1 unspecified atom stereocenters. The van der Waals surface area contributed by atoms with Crippen molar-refractivity contribution in [3.63, 3.8) is 0 Å². The molecule has 1 aliphatic rings. The minimum absolute atomic E-state index is 0.0843. The third-order valence-electron chi connectivity index (χ3n) is 5.22. The van der Waals surface area contributed by atoms with Gasteiger partial charge in [0.15, 0.2) is 0 Å². The number of halogens is 4. The van der Waals surface area contributed by atoms with Crippen LogP contribution in [0, 0.1) is 11.6 Å². The third-order valence-corrected chi connectivity index (χ3v) is 5.70. The number of benzene rings is 2. The number of nitrogens with zero attached hydrogens (tertiary/aromatic N) is 3. The summed E-state index contributed by atoms with van der Waals surface area (Å²) in [4.78, 5) is 14.1. The van der Waals surface area contributed by atoms with Crippen LogP contribution in [-0.4, -0.2) is 21.5 Å². The summed E-state index contributed by atoms with van der Waals surface area (Å²) in [6, 6.07) is 9.06. The summed E-state index contributed by atoms with van der Waals surface area (Å²) in [5.74, 6) is -0.282. The molecule has 1 N–H and O–H groups in total. The zero-order valence-corrected chi connectivity index (χ0v) is 16.5. The van der Waals surface area contributed by atoms with E-state index in [1.807, 2.05) is 4.90 Å². The highest BCUT2D eigenvalue weighted by atomic mass is 35.5. The van der Waals surface area contributed by atoms with E-state index in [9.17, 15) is 8.78 Å². The van der Waals surface area contributed by atoms with Gasteiger partial charge in [0.05, 0.1) is 28.5 Å². The Kier molecular flexibility index (Phi) is 4.41. The number of nitrogens with one attached hydrogen (secondary N) is 1. The minimum atomic E-state index is -0.478. The van der Waals surface area contributed by atoms with Gasteiger partial charge in [-0.25, -0.2) is 18.7 Å². The number of anilines is 1. The second-order valence-electron chi connectivity index (χ2n) is 6.93. The van der Waals surface area contributed by atoms with E-state index in [1.165, 1.54) is 18.2 Å². The molecule has 4 aromatic rings. The Morgan fingerprint density at radius 2 is 1.76 bits per heavy atom. The van der Waals surface area contributed by atoms with Crippen LogP contribution in [0.25, 0.3) is 10.9 Å². The molecule has 1 atom stereocenters. The maximum absolute atomic E-state index is 14.0. The van der Waals surface area contributed by atoms with Gasteiger partial charge >= 0.3 is 0 Å². The molecule has 3 heterocycles. The Hall–Kier alpha value is -2.70.